The second kappa shape index (κ2) is 6.27. The first kappa shape index (κ1) is 15.5. The number of esters is 1. The van der Waals surface area contributed by atoms with E-state index in [0.717, 1.165) is 30.4 Å². The average molecular weight is 286 g/mol. The molecular weight excluding hydrogens is 264 g/mol. The minimum absolute atomic E-state index is 0.0789. The molecule has 0 amide bonds. The van der Waals surface area contributed by atoms with Crippen LogP contribution >= 0.6 is 0 Å². The largest absolute Gasteiger partial charge is 0.423 e. The predicted molar refractivity (Wildman–Crippen MR) is 83.2 cm³/mol. The van der Waals surface area contributed by atoms with E-state index in [9.17, 15) is 9.90 Å². The molecule has 0 aromatic heterocycles. The van der Waals surface area contributed by atoms with E-state index in [1.54, 1.807) is 13.0 Å². The fourth-order valence-corrected chi connectivity index (χ4v) is 2.65. The zero-order valence-corrected chi connectivity index (χ0v) is 12.7. The topological polar surface area (TPSA) is 46.5 Å². The predicted octanol–water partition coefficient (Wildman–Crippen LogP) is 3.66. The number of allylic oxidation sites excluding steroid dienone is 2. The quantitative estimate of drug-likeness (QED) is 0.398. The maximum absolute atomic E-state index is 11.8. The SMILES string of the molecule is C=C(C)C(=O)Oc1cc(CO)ccc1[C@]1(C)C=CCCC1. The molecule has 0 radical (unpaired) electrons. The van der Waals surface area contributed by atoms with Gasteiger partial charge in [-0.15, -0.1) is 0 Å². The van der Waals surface area contributed by atoms with Crippen LogP contribution in [0.3, 0.4) is 0 Å². The highest BCUT2D eigenvalue weighted by Crippen LogP contribution is 2.40. The Bertz CT molecular complexity index is 586. The van der Waals surface area contributed by atoms with E-state index in [0.29, 0.717) is 11.3 Å². The molecule has 1 aromatic carbocycles. The van der Waals surface area contributed by atoms with Gasteiger partial charge in [-0.1, -0.05) is 37.8 Å². The summed E-state index contributed by atoms with van der Waals surface area (Å²) >= 11 is 0. The maximum atomic E-state index is 11.8. The summed E-state index contributed by atoms with van der Waals surface area (Å²) in [7, 11) is 0. The van der Waals surface area contributed by atoms with Crippen LogP contribution in [0.2, 0.25) is 0 Å². The van der Waals surface area contributed by atoms with Crippen LogP contribution < -0.4 is 4.74 Å². The van der Waals surface area contributed by atoms with Crippen molar-refractivity contribution in [2.75, 3.05) is 0 Å². The van der Waals surface area contributed by atoms with Gasteiger partial charge in [0.05, 0.1) is 6.61 Å². The van der Waals surface area contributed by atoms with Crippen molar-refractivity contribution in [2.45, 2.75) is 45.1 Å². The fraction of sp³-hybridized carbons (Fsp3) is 0.389. The molecule has 1 atom stereocenters. The molecule has 0 heterocycles. The van der Waals surface area contributed by atoms with Crippen LogP contribution in [-0.2, 0) is 16.8 Å². The van der Waals surface area contributed by atoms with Crippen LogP contribution in [0, 0.1) is 0 Å². The summed E-state index contributed by atoms with van der Waals surface area (Å²) in [4.78, 5) is 11.8. The number of rotatable bonds is 4. The van der Waals surface area contributed by atoms with Gasteiger partial charge in [-0.3, -0.25) is 0 Å². The van der Waals surface area contributed by atoms with Crippen molar-refractivity contribution < 1.29 is 14.6 Å². The van der Waals surface area contributed by atoms with E-state index in [4.69, 9.17) is 4.74 Å². The Kier molecular flexibility index (Phi) is 4.63. The monoisotopic (exact) mass is 286 g/mol. The Labute approximate surface area is 125 Å². The Balaban J connectivity index is 2.44. The molecule has 1 aliphatic rings. The van der Waals surface area contributed by atoms with Crippen LogP contribution in [0.15, 0.2) is 42.5 Å². The van der Waals surface area contributed by atoms with E-state index in [1.165, 1.54) is 0 Å². The summed E-state index contributed by atoms with van der Waals surface area (Å²) in [6.07, 6.45) is 7.57. The molecule has 112 valence electrons. The van der Waals surface area contributed by atoms with Crippen molar-refractivity contribution in [3.63, 3.8) is 0 Å². The minimum Gasteiger partial charge on any atom is -0.423 e. The summed E-state index contributed by atoms with van der Waals surface area (Å²) < 4.78 is 5.48. The number of hydrogen-bond donors (Lipinski definition) is 1. The summed E-state index contributed by atoms with van der Waals surface area (Å²) in [5, 5.41) is 9.30. The van der Waals surface area contributed by atoms with Crippen molar-refractivity contribution in [3.05, 3.63) is 53.6 Å². The molecule has 0 bridgehead atoms. The first-order chi connectivity index (χ1) is 9.96. The molecule has 0 saturated heterocycles. The first-order valence-corrected chi connectivity index (χ1v) is 7.26. The Morgan fingerprint density at radius 2 is 2.24 bits per heavy atom. The van der Waals surface area contributed by atoms with Crippen LogP contribution in [0.5, 0.6) is 5.75 Å². The molecule has 0 spiro atoms. The molecule has 1 N–H and O–H groups in total. The van der Waals surface area contributed by atoms with Gasteiger partial charge in [0.1, 0.15) is 5.75 Å². The van der Waals surface area contributed by atoms with Crippen molar-refractivity contribution in [1.29, 1.82) is 0 Å². The van der Waals surface area contributed by atoms with E-state index in [1.807, 2.05) is 12.1 Å². The molecule has 2 rings (SSSR count). The van der Waals surface area contributed by atoms with Gasteiger partial charge in [0, 0.05) is 16.6 Å². The summed E-state index contributed by atoms with van der Waals surface area (Å²) in [6.45, 7) is 7.31. The van der Waals surface area contributed by atoms with Crippen molar-refractivity contribution in [2.24, 2.45) is 0 Å². The van der Waals surface area contributed by atoms with Gasteiger partial charge in [-0.05, 0) is 37.8 Å². The zero-order valence-electron chi connectivity index (χ0n) is 12.7. The van der Waals surface area contributed by atoms with Gasteiger partial charge in [0.2, 0.25) is 0 Å². The standard InChI is InChI=1S/C18H22O3/c1-13(2)17(20)21-16-11-14(12-19)7-8-15(16)18(3)9-5-4-6-10-18/h5,7-9,11,19H,1,4,6,10,12H2,2-3H3/t18-/m1/s1. The lowest BCUT2D eigenvalue weighted by Gasteiger charge is -2.31. The first-order valence-electron chi connectivity index (χ1n) is 7.26. The molecule has 0 fully saturated rings. The number of aliphatic hydroxyl groups excluding tert-OH is 1. The third-order valence-corrected chi connectivity index (χ3v) is 3.95. The Morgan fingerprint density at radius 3 is 2.81 bits per heavy atom. The molecule has 3 nitrogen and oxygen atoms in total. The lowest BCUT2D eigenvalue weighted by molar-refractivity contribution is -0.130. The number of aliphatic hydroxyl groups is 1. The smallest absolute Gasteiger partial charge is 0.338 e. The summed E-state index contributed by atoms with van der Waals surface area (Å²) in [6, 6.07) is 5.56. The van der Waals surface area contributed by atoms with E-state index in [-0.39, 0.29) is 12.0 Å². The van der Waals surface area contributed by atoms with Gasteiger partial charge in [0.15, 0.2) is 0 Å². The number of carbonyl (C=O) groups is 1. The van der Waals surface area contributed by atoms with Crippen LogP contribution in [0.25, 0.3) is 0 Å². The highest BCUT2D eigenvalue weighted by Gasteiger charge is 2.29. The highest BCUT2D eigenvalue weighted by atomic mass is 16.5. The Hall–Kier alpha value is -1.87. The molecule has 1 aromatic rings. The normalized spacial score (nSPS) is 21.1. The van der Waals surface area contributed by atoms with Crippen molar-refractivity contribution >= 4 is 5.97 Å². The van der Waals surface area contributed by atoms with Crippen LogP contribution in [-0.4, -0.2) is 11.1 Å². The molecule has 0 unspecified atom stereocenters. The molecule has 21 heavy (non-hydrogen) atoms. The second-order valence-corrected chi connectivity index (χ2v) is 5.87. The fourth-order valence-electron chi connectivity index (χ4n) is 2.65. The molecule has 1 aliphatic carbocycles. The van der Waals surface area contributed by atoms with Crippen LogP contribution in [0.4, 0.5) is 0 Å². The van der Waals surface area contributed by atoms with Gasteiger partial charge >= 0.3 is 5.97 Å². The van der Waals surface area contributed by atoms with E-state index < -0.39 is 5.97 Å². The third kappa shape index (κ3) is 3.42. The number of hydrogen-bond acceptors (Lipinski definition) is 3. The molecule has 0 aliphatic heterocycles. The molecule has 3 heteroatoms. The van der Waals surface area contributed by atoms with Crippen LogP contribution in [0.1, 0.15) is 44.2 Å². The number of benzene rings is 1. The maximum Gasteiger partial charge on any atom is 0.338 e. The van der Waals surface area contributed by atoms with Gasteiger partial charge in [0.25, 0.3) is 0 Å². The Morgan fingerprint density at radius 1 is 1.48 bits per heavy atom. The van der Waals surface area contributed by atoms with Gasteiger partial charge in [-0.25, -0.2) is 4.79 Å². The minimum atomic E-state index is -0.435. The average Bonchev–Trinajstić information content (AvgIpc) is 2.47. The van der Waals surface area contributed by atoms with E-state index in [2.05, 4.69) is 25.7 Å². The van der Waals surface area contributed by atoms with Gasteiger partial charge < -0.3 is 9.84 Å². The molecular formula is C18H22O3. The lowest BCUT2D eigenvalue weighted by Crippen LogP contribution is -2.23. The molecule has 0 saturated carbocycles. The summed E-state index contributed by atoms with van der Waals surface area (Å²) in [5.74, 6) is 0.0818. The van der Waals surface area contributed by atoms with Crippen molar-refractivity contribution in [3.8, 4) is 5.75 Å². The zero-order chi connectivity index (χ0) is 15.5. The highest BCUT2D eigenvalue weighted by molar-refractivity contribution is 5.89. The van der Waals surface area contributed by atoms with Gasteiger partial charge in [-0.2, -0.15) is 0 Å². The van der Waals surface area contributed by atoms with Crippen molar-refractivity contribution in [1.82, 2.24) is 0 Å². The summed E-state index contributed by atoms with van der Waals surface area (Å²) in [5.41, 5.74) is 1.92. The number of carbonyl (C=O) groups excluding carboxylic acids is 1. The number of ether oxygens (including phenoxy) is 1. The lowest BCUT2D eigenvalue weighted by atomic mass is 9.74. The van der Waals surface area contributed by atoms with E-state index >= 15 is 0 Å². The third-order valence-electron chi connectivity index (χ3n) is 3.95. The second-order valence-electron chi connectivity index (χ2n) is 5.87.